The number of rotatable bonds is 0. The van der Waals surface area contributed by atoms with Gasteiger partial charge in [-0.2, -0.15) is 0 Å². The maximum atomic E-state index is 2.41. The zero-order valence-electron chi connectivity index (χ0n) is 15.0. The molecule has 2 aromatic rings. The second-order valence-corrected chi connectivity index (χ2v) is 8.55. The van der Waals surface area contributed by atoms with Gasteiger partial charge in [0.1, 0.15) is 0 Å². The Balaban J connectivity index is 1.91. The molecule has 0 radical (unpaired) electrons. The van der Waals surface area contributed by atoms with Crippen molar-refractivity contribution in [2.24, 2.45) is 0 Å². The molecule has 2 aromatic carbocycles. The van der Waals surface area contributed by atoms with Gasteiger partial charge in [0.15, 0.2) is 0 Å². The molecular formula is C24H24. The number of fused-ring (bicyclic) bond motifs is 6. The minimum atomic E-state index is 0.0782. The van der Waals surface area contributed by atoms with E-state index in [0.29, 0.717) is 0 Å². The van der Waals surface area contributed by atoms with E-state index in [4.69, 9.17) is 0 Å². The predicted octanol–water partition coefficient (Wildman–Crippen LogP) is 6.14. The zero-order valence-corrected chi connectivity index (χ0v) is 15.0. The molecule has 3 aliphatic carbocycles. The maximum absolute atomic E-state index is 2.41. The summed E-state index contributed by atoms with van der Waals surface area (Å²) in [6, 6.07) is 13.8. The minimum Gasteiger partial charge on any atom is -0.0836 e. The molecule has 0 heterocycles. The lowest BCUT2D eigenvalue weighted by Crippen LogP contribution is -2.20. The summed E-state index contributed by atoms with van der Waals surface area (Å²) in [5, 5.41) is 0. The van der Waals surface area contributed by atoms with E-state index in [2.05, 4.69) is 76.2 Å². The fourth-order valence-electron chi connectivity index (χ4n) is 5.35. The Bertz CT molecular complexity index is 948. The minimum absolute atomic E-state index is 0.0782. The highest BCUT2D eigenvalue weighted by molar-refractivity contribution is 6.10. The maximum Gasteiger partial charge on any atom is 0.0162 e. The van der Waals surface area contributed by atoms with Crippen LogP contribution in [0, 0.1) is 0 Å². The van der Waals surface area contributed by atoms with Gasteiger partial charge in [-0.15, -0.1) is 0 Å². The van der Waals surface area contributed by atoms with Crippen molar-refractivity contribution in [1.29, 1.82) is 0 Å². The van der Waals surface area contributed by atoms with E-state index in [1.807, 2.05) is 0 Å². The van der Waals surface area contributed by atoms with Crippen LogP contribution in [-0.4, -0.2) is 0 Å². The SMILES string of the molecule is CC1(C)C2=C(c3ccccc31)C(C)(C)c1ccc3c(c12)C=CCC3. The molecule has 0 aliphatic heterocycles. The van der Waals surface area contributed by atoms with Crippen LogP contribution in [0.15, 0.2) is 42.5 Å². The summed E-state index contributed by atoms with van der Waals surface area (Å²) in [5.74, 6) is 0. The molecular weight excluding hydrogens is 288 g/mol. The third-order valence-corrected chi connectivity index (χ3v) is 6.49. The Morgan fingerprint density at radius 2 is 1.54 bits per heavy atom. The summed E-state index contributed by atoms with van der Waals surface area (Å²) >= 11 is 0. The molecule has 3 aliphatic rings. The first-order valence-electron chi connectivity index (χ1n) is 9.12. The van der Waals surface area contributed by atoms with Crippen LogP contribution >= 0.6 is 0 Å². The molecule has 120 valence electrons. The van der Waals surface area contributed by atoms with Crippen molar-refractivity contribution < 1.29 is 0 Å². The van der Waals surface area contributed by atoms with Crippen LogP contribution < -0.4 is 0 Å². The third-order valence-electron chi connectivity index (χ3n) is 6.49. The highest BCUT2D eigenvalue weighted by Crippen LogP contribution is 2.63. The van der Waals surface area contributed by atoms with E-state index in [1.54, 1.807) is 11.1 Å². The molecule has 0 nitrogen and oxygen atoms in total. The first-order valence-corrected chi connectivity index (χ1v) is 9.12. The van der Waals surface area contributed by atoms with Crippen molar-refractivity contribution in [2.45, 2.75) is 51.4 Å². The van der Waals surface area contributed by atoms with E-state index < -0.39 is 0 Å². The van der Waals surface area contributed by atoms with Crippen LogP contribution in [0.5, 0.6) is 0 Å². The summed E-state index contributed by atoms with van der Waals surface area (Å²) in [6.45, 7) is 9.63. The van der Waals surface area contributed by atoms with E-state index in [1.165, 1.54) is 46.2 Å². The lowest BCUT2D eigenvalue weighted by molar-refractivity contribution is 0.693. The van der Waals surface area contributed by atoms with Crippen LogP contribution in [0.3, 0.4) is 0 Å². The lowest BCUT2D eigenvalue weighted by Gasteiger charge is -2.30. The Hall–Kier alpha value is -2.08. The molecule has 0 atom stereocenters. The normalized spacial score (nSPS) is 21.3. The van der Waals surface area contributed by atoms with Crippen molar-refractivity contribution in [3.05, 3.63) is 75.9 Å². The summed E-state index contributed by atoms with van der Waals surface area (Å²) < 4.78 is 0. The van der Waals surface area contributed by atoms with Crippen molar-refractivity contribution in [2.75, 3.05) is 0 Å². The quantitative estimate of drug-likeness (QED) is 0.548. The van der Waals surface area contributed by atoms with Crippen molar-refractivity contribution >= 4 is 17.2 Å². The zero-order chi connectivity index (χ0) is 16.7. The molecule has 0 unspecified atom stereocenters. The average molecular weight is 312 g/mol. The molecule has 0 aromatic heterocycles. The lowest BCUT2D eigenvalue weighted by atomic mass is 9.73. The summed E-state index contributed by atoms with van der Waals surface area (Å²) in [6.07, 6.45) is 7.08. The fourth-order valence-corrected chi connectivity index (χ4v) is 5.35. The van der Waals surface area contributed by atoms with Gasteiger partial charge in [0.25, 0.3) is 0 Å². The summed E-state index contributed by atoms with van der Waals surface area (Å²) in [7, 11) is 0. The molecule has 0 spiro atoms. The Kier molecular flexibility index (Phi) is 2.56. The number of aryl methyl sites for hydroxylation is 1. The van der Waals surface area contributed by atoms with Crippen molar-refractivity contribution in [3.8, 4) is 0 Å². The molecule has 0 N–H and O–H groups in total. The van der Waals surface area contributed by atoms with Gasteiger partial charge in [-0.25, -0.2) is 0 Å². The number of hydrogen-bond donors (Lipinski definition) is 0. The highest BCUT2D eigenvalue weighted by atomic mass is 14.5. The summed E-state index contributed by atoms with van der Waals surface area (Å²) in [4.78, 5) is 0. The van der Waals surface area contributed by atoms with Crippen LogP contribution in [-0.2, 0) is 17.3 Å². The Morgan fingerprint density at radius 3 is 2.38 bits per heavy atom. The first-order chi connectivity index (χ1) is 11.4. The molecule has 0 amide bonds. The number of allylic oxidation sites excluding steroid dienone is 3. The van der Waals surface area contributed by atoms with Gasteiger partial charge in [0, 0.05) is 10.8 Å². The van der Waals surface area contributed by atoms with Gasteiger partial charge in [0.2, 0.25) is 0 Å². The van der Waals surface area contributed by atoms with Crippen LogP contribution in [0.2, 0.25) is 0 Å². The van der Waals surface area contributed by atoms with Crippen molar-refractivity contribution in [3.63, 3.8) is 0 Å². The predicted molar refractivity (Wildman–Crippen MR) is 103 cm³/mol. The number of hydrogen-bond acceptors (Lipinski definition) is 0. The highest BCUT2D eigenvalue weighted by Gasteiger charge is 2.50. The van der Waals surface area contributed by atoms with E-state index in [0.717, 1.165) is 0 Å². The van der Waals surface area contributed by atoms with Crippen LogP contribution in [0.1, 0.15) is 67.5 Å². The van der Waals surface area contributed by atoms with Gasteiger partial charge in [-0.1, -0.05) is 76.2 Å². The topological polar surface area (TPSA) is 0 Å². The van der Waals surface area contributed by atoms with Gasteiger partial charge in [-0.05, 0) is 57.4 Å². The van der Waals surface area contributed by atoms with Gasteiger partial charge >= 0.3 is 0 Å². The van der Waals surface area contributed by atoms with E-state index >= 15 is 0 Å². The molecule has 0 saturated carbocycles. The average Bonchev–Trinajstić information content (AvgIpc) is 2.97. The smallest absolute Gasteiger partial charge is 0.0162 e. The second-order valence-electron chi connectivity index (χ2n) is 8.55. The van der Waals surface area contributed by atoms with Crippen LogP contribution in [0.4, 0.5) is 0 Å². The monoisotopic (exact) mass is 312 g/mol. The van der Waals surface area contributed by atoms with Gasteiger partial charge < -0.3 is 0 Å². The molecule has 24 heavy (non-hydrogen) atoms. The standard InChI is InChI=1S/C24H24/c1-23(2)18-12-8-7-11-17(18)21-22(23)20-16-10-6-5-9-15(16)13-14-19(20)24(21,3)4/h6-8,10-14H,5,9H2,1-4H3. The van der Waals surface area contributed by atoms with Gasteiger partial charge in [0.05, 0.1) is 0 Å². The first kappa shape index (κ1) is 14.3. The van der Waals surface area contributed by atoms with Crippen molar-refractivity contribution in [1.82, 2.24) is 0 Å². The Morgan fingerprint density at radius 1 is 0.792 bits per heavy atom. The van der Waals surface area contributed by atoms with Gasteiger partial charge in [-0.3, -0.25) is 0 Å². The second kappa shape index (κ2) is 4.30. The molecule has 5 rings (SSSR count). The molecule has 0 saturated heterocycles. The molecule has 0 fully saturated rings. The largest absolute Gasteiger partial charge is 0.0836 e. The van der Waals surface area contributed by atoms with Crippen LogP contribution in [0.25, 0.3) is 17.2 Å². The van der Waals surface area contributed by atoms with E-state index in [9.17, 15) is 0 Å². The molecule has 0 bridgehead atoms. The Labute approximate surface area is 144 Å². The number of benzene rings is 2. The molecule has 0 heteroatoms. The fraction of sp³-hybridized carbons (Fsp3) is 0.333. The van der Waals surface area contributed by atoms with E-state index in [-0.39, 0.29) is 10.8 Å². The third kappa shape index (κ3) is 1.50. The summed E-state index contributed by atoms with van der Waals surface area (Å²) in [5.41, 5.74) is 12.3.